The van der Waals surface area contributed by atoms with E-state index >= 15 is 0 Å². The summed E-state index contributed by atoms with van der Waals surface area (Å²) in [5.41, 5.74) is 0.839. The minimum absolute atomic E-state index is 0.349. The maximum Gasteiger partial charge on any atom is 0.0114 e. The van der Waals surface area contributed by atoms with Crippen LogP contribution in [0.4, 0.5) is 0 Å². The van der Waals surface area contributed by atoms with Gasteiger partial charge in [0.2, 0.25) is 0 Å². The second kappa shape index (κ2) is 5.15. The normalized spacial score (nSPS) is 15.2. The van der Waals surface area contributed by atoms with Gasteiger partial charge in [0.05, 0.1) is 0 Å². The molecule has 0 spiro atoms. The topological polar surface area (TPSA) is 0 Å². The smallest absolute Gasteiger partial charge is 0.0114 e. The van der Waals surface area contributed by atoms with Crippen LogP contribution < -0.4 is 0 Å². The van der Waals surface area contributed by atoms with E-state index in [1.807, 2.05) is 0 Å². The van der Waals surface area contributed by atoms with Gasteiger partial charge in [-0.1, -0.05) is 69.2 Å². The van der Waals surface area contributed by atoms with E-state index in [0.717, 1.165) is 0 Å². The van der Waals surface area contributed by atoms with E-state index in [2.05, 4.69) is 81.0 Å². The third kappa shape index (κ3) is 10.00. The highest BCUT2D eigenvalue weighted by atomic mass is 32.2. The molecule has 0 radical (unpaired) electrons. The van der Waals surface area contributed by atoms with E-state index in [-0.39, 0.29) is 0 Å². The molecule has 17 heavy (non-hydrogen) atoms. The molecule has 0 rings (SSSR count). The van der Waals surface area contributed by atoms with Crippen LogP contribution in [0.5, 0.6) is 0 Å². The summed E-state index contributed by atoms with van der Waals surface area (Å²) in [7, 11) is 0. The van der Waals surface area contributed by atoms with Gasteiger partial charge in [-0.15, -0.1) is 11.8 Å². The fourth-order valence-electron chi connectivity index (χ4n) is 3.52. The van der Waals surface area contributed by atoms with Crippen molar-refractivity contribution in [3.05, 3.63) is 0 Å². The molecule has 0 aliphatic rings. The first-order valence-corrected chi connectivity index (χ1v) is 7.64. The third-order valence-corrected chi connectivity index (χ3v) is 3.80. The first-order chi connectivity index (χ1) is 7.12. The molecule has 0 saturated heterocycles. The first kappa shape index (κ1) is 17.4. The van der Waals surface area contributed by atoms with E-state index < -0.39 is 0 Å². The molecule has 0 amide bonds. The molecule has 0 saturated carbocycles. The van der Waals surface area contributed by atoms with E-state index in [4.69, 9.17) is 0 Å². The van der Waals surface area contributed by atoms with Crippen LogP contribution in [0.3, 0.4) is 0 Å². The summed E-state index contributed by atoms with van der Waals surface area (Å²) >= 11 is 2.11. The number of hydrogen-bond acceptors (Lipinski definition) is 1. The number of thioether (sulfide) groups is 1. The molecule has 0 fully saturated rings. The predicted molar refractivity (Wildman–Crippen MR) is 83.9 cm³/mol. The van der Waals surface area contributed by atoms with Crippen LogP contribution >= 0.6 is 11.8 Å². The Morgan fingerprint density at radius 1 is 0.647 bits per heavy atom. The fourth-order valence-corrected chi connectivity index (χ4v) is 5.64. The second-order valence-corrected chi connectivity index (χ2v) is 11.6. The molecule has 0 bridgehead atoms. The molecular weight excluding hydrogens is 224 g/mol. The summed E-state index contributed by atoms with van der Waals surface area (Å²) in [6.45, 7) is 23.6. The van der Waals surface area contributed by atoms with Crippen molar-refractivity contribution in [1.29, 1.82) is 0 Å². The summed E-state index contributed by atoms with van der Waals surface area (Å²) in [4.78, 5) is 0. The summed E-state index contributed by atoms with van der Waals surface area (Å²) in [5, 5.41) is 0. The van der Waals surface area contributed by atoms with Crippen molar-refractivity contribution in [2.24, 2.45) is 10.8 Å². The van der Waals surface area contributed by atoms with Crippen molar-refractivity contribution < 1.29 is 0 Å². The van der Waals surface area contributed by atoms with Crippen molar-refractivity contribution in [3.8, 4) is 0 Å². The highest BCUT2D eigenvalue weighted by Gasteiger charge is 2.34. The maximum absolute atomic E-state index is 2.42. The van der Waals surface area contributed by atoms with Crippen LogP contribution in [-0.4, -0.2) is 9.49 Å². The Kier molecular flexibility index (Phi) is 5.26. The van der Waals surface area contributed by atoms with Gasteiger partial charge in [0.1, 0.15) is 0 Å². The Labute approximate surface area is 114 Å². The minimum Gasteiger partial charge on any atom is -0.150 e. The zero-order chi connectivity index (χ0) is 14.1. The zero-order valence-electron chi connectivity index (χ0n) is 13.8. The third-order valence-electron chi connectivity index (χ3n) is 2.50. The van der Waals surface area contributed by atoms with E-state index in [0.29, 0.717) is 20.3 Å². The van der Waals surface area contributed by atoms with Gasteiger partial charge in [0.15, 0.2) is 0 Å². The van der Waals surface area contributed by atoms with E-state index in [1.165, 1.54) is 12.8 Å². The van der Waals surface area contributed by atoms with Gasteiger partial charge in [0.25, 0.3) is 0 Å². The molecule has 1 heteroatoms. The van der Waals surface area contributed by atoms with Gasteiger partial charge in [-0.2, -0.15) is 0 Å². The average molecular weight is 259 g/mol. The summed E-state index contributed by atoms with van der Waals surface area (Å²) in [5.74, 6) is 0. The molecule has 0 aromatic carbocycles. The molecule has 0 nitrogen and oxygen atoms in total. The van der Waals surface area contributed by atoms with Gasteiger partial charge in [0, 0.05) is 9.49 Å². The van der Waals surface area contributed by atoms with Crippen LogP contribution in [0.1, 0.15) is 82.1 Å². The van der Waals surface area contributed by atoms with Crippen LogP contribution in [-0.2, 0) is 0 Å². The van der Waals surface area contributed by atoms with Crippen LogP contribution in [0.25, 0.3) is 0 Å². The monoisotopic (exact) mass is 258 g/mol. The second-order valence-electron chi connectivity index (χ2n) is 9.05. The van der Waals surface area contributed by atoms with Crippen molar-refractivity contribution in [1.82, 2.24) is 0 Å². The van der Waals surface area contributed by atoms with Gasteiger partial charge < -0.3 is 0 Å². The number of rotatable bonds is 4. The van der Waals surface area contributed by atoms with Gasteiger partial charge in [-0.3, -0.25) is 0 Å². The Morgan fingerprint density at radius 2 is 1.06 bits per heavy atom. The average Bonchev–Trinajstić information content (AvgIpc) is 1.65. The number of hydrogen-bond donors (Lipinski definition) is 0. The summed E-state index contributed by atoms with van der Waals surface area (Å²) < 4.78 is 0.703. The van der Waals surface area contributed by atoms with Crippen molar-refractivity contribution in [3.63, 3.8) is 0 Å². The van der Waals surface area contributed by atoms with Crippen LogP contribution in [0.2, 0.25) is 0 Å². The van der Waals surface area contributed by atoms with Gasteiger partial charge >= 0.3 is 0 Å². The lowest BCUT2D eigenvalue weighted by Crippen LogP contribution is -2.32. The molecule has 0 atom stereocenters. The Bertz CT molecular complexity index is 209. The van der Waals surface area contributed by atoms with Crippen molar-refractivity contribution in [2.45, 2.75) is 91.6 Å². The minimum atomic E-state index is 0.349. The lowest BCUT2D eigenvalue weighted by Gasteiger charge is -2.41. The Hall–Kier alpha value is 0.350. The zero-order valence-corrected chi connectivity index (χ0v) is 14.6. The van der Waals surface area contributed by atoms with E-state index in [9.17, 15) is 0 Å². The molecule has 0 aliphatic carbocycles. The molecule has 0 aromatic rings. The summed E-state index contributed by atoms with van der Waals surface area (Å²) in [6.07, 6.45) is 2.56. The fraction of sp³-hybridized carbons (Fsp3) is 1.00. The molecule has 0 N–H and O–H groups in total. The largest absolute Gasteiger partial charge is 0.150 e. The van der Waals surface area contributed by atoms with Gasteiger partial charge in [-0.05, 0) is 23.7 Å². The molecule has 0 aliphatic heterocycles. The highest BCUT2D eigenvalue weighted by Crippen LogP contribution is 2.46. The predicted octanol–water partition coefficient (Wildman–Crippen LogP) is 6.15. The molecule has 104 valence electrons. The van der Waals surface area contributed by atoms with Gasteiger partial charge in [-0.25, -0.2) is 0 Å². The highest BCUT2D eigenvalue weighted by molar-refractivity contribution is 8.01. The Balaban J connectivity index is 4.59. The molecular formula is C16H34S. The van der Waals surface area contributed by atoms with Crippen molar-refractivity contribution >= 4 is 11.8 Å². The molecule has 0 unspecified atom stereocenters. The quantitative estimate of drug-likeness (QED) is 0.583. The maximum atomic E-state index is 2.42. The van der Waals surface area contributed by atoms with Crippen molar-refractivity contribution in [2.75, 3.05) is 0 Å². The van der Waals surface area contributed by atoms with Crippen LogP contribution in [0.15, 0.2) is 0 Å². The standard InChI is InChI=1S/C16H34S/c1-13(2,3)11-15(7,8)12-16(9,10)17-14(4,5)6/h11-12H2,1-10H3. The lowest BCUT2D eigenvalue weighted by atomic mass is 9.72. The summed E-state index contributed by atoms with van der Waals surface area (Å²) in [6, 6.07) is 0. The van der Waals surface area contributed by atoms with E-state index in [1.54, 1.807) is 0 Å². The van der Waals surface area contributed by atoms with Crippen LogP contribution in [0, 0.1) is 10.8 Å². The molecule has 0 aromatic heterocycles. The lowest BCUT2D eigenvalue weighted by molar-refractivity contribution is 0.186. The first-order valence-electron chi connectivity index (χ1n) is 6.82. The SMILES string of the molecule is CC(C)(C)CC(C)(C)CC(C)(C)SC(C)(C)C. The Morgan fingerprint density at radius 3 is 1.35 bits per heavy atom. The molecule has 0 heterocycles.